The van der Waals surface area contributed by atoms with E-state index in [1.54, 1.807) is 24.3 Å². The number of hydrogen-bond donors (Lipinski definition) is 1. The Hall–Kier alpha value is -2.77. The molecule has 0 bridgehead atoms. The Morgan fingerprint density at radius 2 is 1.92 bits per heavy atom. The summed E-state index contributed by atoms with van der Waals surface area (Å²) in [5, 5.41) is 9.26. The van der Waals surface area contributed by atoms with Gasteiger partial charge in [0.25, 0.3) is 5.91 Å². The minimum Gasteiger partial charge on any atom is -0.487 e. The van der Waals surface area contributed by atoms with E-state index in [-0.39, 0.29) is 5.57 Å². The number of hydrogen-bond acceptors (Lipinski definition) is 3. The van der Waals surface area contributed by atoms with Crippen LogP contribution in [0.3, 0.4) is 0 Å². The number of aryl methyl sites for hydroxylation is 2. The summed E-state index contributed by atoms with van der Waals surface area (Å²) in [6.07, 6.45) is 1.39. The van der Waals surface area contributed by atoms with Crippen molar-refractivity contribution in [1.82, 2.24) is 0 Å². The Bertz CT molecular complexity index is 831. The summed E-state index contributed by atoms with van der Waals surface area (Å²) in [6.45, 7) is 4.48. The first-order valence-corrected chi connectivity index (χ1v) is 7.68. The predicted octanol–water partition coefficient (Wildman–Crippen LogP) is 3.93. The Morgan fingerprint density at radius 1 is 1.25 bits per heavy atom. The van der Waals surface area contributed by atoms with E-state index in [1.165, 1.54) is 17.2 Å². The highest BCUT2D eigenvalue weighted by atomic mass is 35.5. The van der Waals surface area contributed by atoms with E-state index < -0.39 is 5.91 Å². The first-order valence-electron chi connectivity index (χ1n) is 7.30. The lowest BCUT2D eigenvalue weighted by atomic mass is 10.1. The SMILES string of the molecule is Cc1cc(C)cc(COc2ccc(/C=C(\C#N)C(N)=O)cc2Cl)c1. The van der Waals surface area contributed by atoms with E-state index >= 15 is 0 Å². The summed E-state index contributed by atoms with van der Waals surface area (Å²) in [5.74, 6) is -0.241. The number of ether oxygens (including phenoxy) is 1. The maximum atomic E-state index is 11.1. The van der Waals surface area contributed by atoms with Crippen LogP contribution in [0, 0.1) is 25.2 Å². The van der Waals surface area contributed by atoms with Crippen molar-refractivity contribution >= 4 is 23.6 Å². The van der Waals surface area contributed by atoms with E-state index in [1.807, 2.05) is 13.8 Å². The molecule has 5 heteroatoms. The molecule has 2 rings (SSSR count). The number of carbonyl (C=O) groups excluding carboxylic acids is 1. The molecule has 2 N–H and O–H groups in total. The number of amides is 1. The third-order valence-corrected chi connectivity index (χ3v) is 3.62. The molecule has 0 aliphatic rings. The van der Waals surface area contributed by atoms with Gasteiger partial charge < -0.3 is 10.5 Å². The molecule has 0 saturated carbocycles. The van der Waals surface area contributed by atoms with Crippen LogP contribution in [0.25, 0.3) is 6.08 Å². The highest BCUT2D eigenvalue weighted by Crippen LogP contribution is 2.27. The molecule has 0 aliphatic heterocycles. The summed E-state index contributed by atoms with van der Waals surface area (Å²) in [6, 6.07) is 13.0. The summed E-state index contributed by atoms with van der Waals surface area (Å²) >= 11 is 6.21. The smallest absolute Gasteiger partial charge is 0.259 e. The average Bonchev–Trinajstić information content (AvgIpc) is 2.50. The summed E-state index contributed by atoms with van der Waals surface area (Å²) in [4.78, 5) is 11.1. The van der Waals surface area contributed by atoms with Gasteiger partial charge in [-0.15, -0.1) is 0 Å². The van der Waals surface area contributed by atoms with Crippen molar-refractivity contribution in [2.75, 3.05) is 0 Å². The topological polar surface area (TPSA) is 76.1 Å². The lowest BCUT2D eigenvalue weighted by molar-refractivity contribution is -0.114. The van der Waals surface area contributed by atoms with Crippen LogP contribution in [0.4, 0.5) is 0 Å². The third-order valence-electron chi connectivity index (χ3n) is 3.33. The van der Waals surface area contributed by atoms with E-state index in [0.29, 0.717) is 22.9 Å². The highest BCUT2D eigenvalue weighted by molar-refractivity contribution is 6.32. The molecule has 0 atom stereocenters. The molecular weight excluding hydrogens is 324 g/mol. The number of nitrogens with two attached hydrogens (primary N) is 1. The van der Waals surface area contributed by atoms with Crippen molar-refractivity contribution < 1.29 is 9.53 Å². The second kappa shape index (κ2) is 7.67. The van der Waals surface area contributed by atoms with E-state index in [9.17, 15) is 4.79 Å². The van der Waals surface area contributed by atoms with E-state index in [4.69, 9.17) is 27.3 Å². The second-order valence-corrected chi connectivity index (χ2v) is 5.92. The molecule has 0 aliphatic carbocycles. The van der Waals surface area contributed by atoms with Crippen LogP contribution in [0.15, 0.2) is 42.0 Å². The molecule has 122 valence electrons. The van der Waals surface area contributed by atoms with Crippen LogP contribution >= 0.6 is 11.6 Å². The molecule has 4 nitrogen and oxygen atoms in total. The summed E-state index contributed by atoms with van der Waals surface area (Å²) in [7, 11) is 0. The number of halogens is 1. The van der Waals surface area contributed by atoms with E-state index in [0.717, 1.165) is 5.56 Å². The Balaban J connectivity index is 2.16. The van der Waals surface area contributed by atoms with Gasteiger partial charge in [0.2, 0.25) is 0 Å². The van der Waals surface area contributed by atoms with Gasteiger partial charge in [0.1, 0.15) is 24.0 Å². The normalized spacial score (nSPS) is 11.0. The first kappa shape index (κ1) is 17.6. The molecule has 0 aromatic heterocycles. The molecule has 0 spiro atoms. The standard InChI is InChI=1S/C19H17ClN2O2/c1-12-5-13(2)7-15(6-12)11-24-18-4-3-14(9-17(18)20)8-16(10-21)19(22)23/h3-9H,11H2,1-2H3,(H2,22,23)/b16-8+. The van der Waals surface area contributed by atoms with Gasteiger partial charge in [0, 0.05) is 0 Å². The molecule has 0 unspecified atom stereocenters. The summed E-state index contributed by atoms with van der Waals surface area (Å²) in [5.41, 5.74) is 9.00. The van der Waals surface area contributed by atoms with E-state index in [2.05, 4.69) is 18.2 Å². The number of nitrogens with zero attached hydrogens (tertiary/aromatic N) is 1. The lowest BCUT2D eigenvalue weighted by Crippen LogP contribution is -2.12. The van der Waals surface area contributed by atoms with Crippen LogP contribution < -0.4 is 10.5 Å². The molecule has 2 aromatic rings. The van der Waals surface area contributed by atoms with Crippen molar-refractivity contribution in [1.29, 1.82) is 5.26 Å². The predicted molar refractivity (Wildman–Crippen MR) is 94.5 cm³/mol. The molecule has 0 heterocycles. The van der Waals surface area contributed by atoms with Crippen molar-refractivity contribution in [2.45, 2.75) is 20.5 Å². The Labute approximate surface area is 146 Å². The molecule has 0 saturated heterocycles. The first-order chi connectivity index (χ1) is 11.4. The van der Waals surface area contributed by atoms with Crippen LogP contribution in [-0.4, -0.2) is 5.91 Å². The fourth-order valence-electron chi connectivity index (χ4n) is 2.36. The molecule has 0 fully saturated rings. The Kier molecular flexibility index (Phi) is 5.62. The van der Waals surface area contributed by atoms with Crippen molar-refractivity contribution in [3.05, 3.63) is 69.2 Å². The molecule has 24 heavy (non-hydrogen) atoms. The molecular formula is C19H17ClN2O2. The average molecular weight is 341 g/mol. The number of primary amides is 1. The largest absolute Gasteiger partial charge is 0.487 e. The minimum atomic E-state index is -0.774. The van der Waals surface area contributed by atoms with Crippen LogP contribution in [0.1, 0.15) is 22.3 Å². The van der Waals surface area contributed by atoms with Crippen molar-refractivity contribution in [3.63, 3.8) is 0 Å². The van der Waals surface area contributed by atoms with Gasteiger partial charge in [0.05, 0.1) is 5.02 Å². The zero-order valence-corrected chi connectivity index (χ0v) is 14.2. The van der Waals surface area contributed by atoms with Crippen LogP contribution in [0.5, 0.6) is 5.75 Å². The quantitative estimate of drug-likeness (QED) is 0.661. The fourth-order valence-corrected chi connectivity index (χ4v) is 2.61. The molecule has 1 amide bonds. The monoisotopic (exact) mass is 340 g/mol. The maximum Gasteiger partial charge on any atom is 0.259 e. The Morgan fingerprint density at radius 3 is 2.46 bits per heavy atom. The second-order valence-electron chi connectivity index (χ2n) is 5.51. The molecule has 2 aromatic carbocycles. The number of benzene rings is 2. The van der Waals surface area contributed by atoms with Crippen LogP contribution in [-0.2, 0) is 11.4 Å². The van der Waals surface area contributed by atoms with Gasteiger partial charge in [-0.2, -0.15) is 5.26 Å². The number of rotatable bonds is 5. The summed E-state index contributed by atoms with van der Waals surface area (Å²) < 4.78 is 5.76. The van der Waals surface area contributed by atoms with Gasteiger partial charge in [-0.1, -0.05) is 47.0 Å². The van der Waals surface area contributed by atoms with Gasteiger partial charge in [-0.3, -0.25) is 4.79 Å². The fraction of sp³-hybridized carbons (Fsp3) is 0.158. The van der Waals surface area contributed by atoms with Gasteiger partial charge in [-0.25, -0.2) is 0 Å². The van der Waals surface area contributed by atoms with Crippen LogP contribution in [0.2, 0.25) is 5.02 Å². The third kappa shape index (κ3) is 4.61. The van der Waals surface area contributed by atoms with Crippen molar-refractivity contribution in [2.24, 2.45) is 5.73 Å². The number of nitriles is 1. The minimum absolute atomic E-state index is 0.130. The molecule has 0 radical (unpaired) electrons. The van der Waals surface area contributed by atoms with Crippen molar-refractivity contribution in [3.8, 4) is 11.8 Å². The zero-order valence-electron chi connectivity index (χ0n) is 13.5. The zero-order chi connectivity index (χ0) is 17.7. The van der Waals surface area contributed by atoms with Gasteiger partial charge >= 0.3 is 0 Å². The van der Waals surface area contributed by atoms with Gasteiger partial charge in [-0.05, 0) is 43.2 Å². The maximum absolute atomic E-state index is 11.1. The highest BCUT2D eigenvalue weighted by Gasteiger charge is 2.07. The van der Waals surface area contributed by atoms with Gasteiger partial charge in [0.15, 0.2) is 0 Å². The lowest BCUT2D eigenvalue weighted by Gasteiger charge is -2.10. The number of carbonyl (C=O) groups is 1.